The standard InChI is InChI=1S/C16H26N2O3/c1-3-12-20-14-5-7-15(8-6-14)21-13-9-16(19)18(2)11-4-10-17/h5-8H,3-4,9-13,17H2,1-2H3. The van der Waals surface area contributed by atoms with Gasteiger partial charge in [-0.15, -0.1) is 0 Å². The van der Waals surface area contributed by atoms with E-state index < -0.39 is 0 Å². The molecule has 0 heterocycles. The smallest absolute Gasteiger partial charge is 0.225 e. The largest absolute Gasteiger partial charge is 0.494 e. The van der Waals surface area contributed by atoms with Crippen molar-refractivity contribution in [2.45, 2.75) is 26.2 Å². The molecule has 2 N–H and O–H groups in total. The molecule has 1 amide bonds. The lowest BCUT2D eigenvalue weighted by Crippen LogP contribution is -2.29. The Bertz CT molecular complexity index is 406. The van der Waals surface area contributed by atoms with Crippen LogP contribution in [0.1, 0.15) is 26.2 Å². The van der Waals surface area contributed by atoms with Crippen LogP contribution in [-0.2, 0) is 4.79 Å². The lowest BCUT2D eigenvalue weighted by Gasteiger charge is -2.16. The number of ether oxygens (including phenoxy) is 2. The van der Waals surface area contributed by atoms with Gasteiger partial charge in [0.05, 0.1) is 19.6 Å². The average molecular weight is 294 g/mol. The van der Waals surface area contributed by atoms with Gasteiger partial charge in [0, 0.05) is 13.6 Å². The normalized spacial score (nSPS) is 10.2. The molecule has 5 nitrogen and oxygen atoms in total. The minimum atomic E-state index is 0.0753. The maximum absolute atomic E-state index is 11.8. The number of nitrogens with two attached hydrogens (primary N) is 1. The van der Waals surface area contributed by atoms with Gasteiger partial charge in [-0.25, -0.2) is 0 Å². The van der Waals surface area contributed by atoms with Crippen molar-refractivity contribution in [3.8, 4) is 11.5 Å². The molecule has 0 bridgehead atoms. The molecule has 5 heteroatoms. The van der Waals surface area contributed by atoms with Crippen LogP contribution in [0, 0.1) is 0 Å². The van der Waals surface area contributed by atoms with Gasteiger partial charge in [-0.3, -0.25) is 4.79 Å². The predicted molar refractivity (Wildman–Crippen MR) is 83.6 cm³/mol. The Morgan fingerprint density at radius 1 is 1.14 bits per heavy atom. The summed E-state index contributed by atoms with van der Waals surface area (Å²) >= 11 is 0. The van der Waals surface area contributed by atoms with Crippen LogP contribution in [0.3, 0.4) is 0 Å². The van der Waals surface area contributed by atoms with Crippen molar-refractivity contribution >= 4 is 5.91 Å². The van der Waals surface area contributed by atoms with Crippen LogP contribution in [0.4, 0.5) is 0 Å². The second-order valence-corrected chi connectivity index (χ2v) is 4.88. The van der Waals surface area contributed by atoms with E-state index in [1.54, 1.807) is 11.9 Å². The molecule has 1 aromatic carbocycles. The molecule has 0 saturated heterocycles. The van der Waals surface area contributed by atoms with Crippen molar-refractivity contribution in [3.63, 3.8) is 0 Å². The summed E-state index contributed by atoms with van der Waals surface area (Å²) in [5, 5.41) is 0. The number of hydrogen-bond acceptors (Lipinski definition) is 4. The molecule has 0 radical (unpaired) electrons. The van der Waals surface area contributed by atoms with E-state index >= 15 is 0 Å². The van der Waals surface area contributed by atoms with Crippen molar-refractivity contribution in [2.24, 2.45) is 5.73 Å². The molecular formula is C16H26N2O3. The van der Waals surface area contributed by atoms with E-state index in [4.69, 9.17) is 15.2 Å². The van der Waals surface area contributed by atoms with Crippen LogP contribution in [0.25, 0.3) is 0 Å². The number of rotatable bonds is 10. The van der Waals surface area contributed by atoms with Gasteiger partial charge in [-0.05, 0) is 43.7 Å². The maximum atomic E-state index is 11.8. The molecule has 0 aromatic heterocycles. The second kappa shape index (κ2) is 10.0. The molecule has 1 aromatic rings. The Kier molecular flexibility index (Phi) is 8.28. The lowest BCUT2D eigenvalue weighted by molar-refractivity contribution is -0.130. The van der Waals surface area contributed by atoms with E-state index in [1.165, 1.54) is 0 Å². The third kappa shape index (κ3) is 6.99. The number of hydrogen-bond donors (Lipinski definition) is 1. The van der Waals surface area contributed by atoms with Crippen molar-refractivity contribution in [3.05, 3.63) is 24.3 Å². The van der Waals surface area contributed by atoms with Crippen LogP contribution in [0.2, 0.25) is 0 Å². The van der Waals surface area contributed by atoms with Crippen molar-refractivity contribution in [2.75, 3.05) is 33.4 Å². The topological polar surface area (TPSA) is 64.8 Å². The first-order valence-electron chi connectivity index (χ1n) is 7.47. The third-order valence-corrected chi connectivity index (χ3v) is 3.00. The SMILES string of the molecule is CCCOc1ccc(OCCC(=O)N(C)CCCN)cc1. The monoisotopic (exact) mass is 294 g/mol. The van der Waals surface area contributed by atoms with Gasteiger partial charge in [0.15, 0.2) is 0 Å². The molecule has 118 valence electrons. The van der Waals surface area contributed by atoms with E-state index in [0.717, 1.165) is 24.3 Å². The van der Waals surface area contributed by atoms with Crippen LogP contribution < -0.4 is 15.2 Å². The Morgan fingerprint density at radius 3 is 2.24 bits per heavy atom. The summed E-state index contributed by atoms with van der Waals surface area (Å²) in [6, 6.07) is 7.46. The predicted octanol–water partition coefficient (Wildman–Crippen LogP) is 2.05. The molecular weight excluding hydrogens is 268 g/mol. The molecule has 0 atom stereocenters. The Balaban J connectivity index is 2.27. The summed E-state index contributed by atoms with van der Waals surface area (Å²) in [6.45, 7) is 4.45. The number of nitrogens with zero attached hydrogens (tertiary/aromatic N) is 1. The van der Waals surface area contributed by atoms with E-state index in [2.05, 4.69) is 6.92 Å². The van der Waals surface area contributed by atoms with E-state index in [0.29, 0.717) is 32.7 Å². The summed E-state index contributed by atoms with van der Waals surface area (Å²) in [4.78, 5) is 13.5. The first-order chi connectivity index (χ1) is 10.2. The molecule has 0 fully saturated rings. The van der Waals surface area contributed by atoms with Gasteiger partial charge in [0.25, 0.3) is 0 Å². The molecule has 0 aliphatic carbocycles. The summed E-state index contributed by atoms with van der Waals surface area (Å²) in [5.41, 5.74) is 5.42. The number of carbonyl (C=O) groups excluding carboxylic acids is 1. The maximum Gasteiger partial charge on any atom is 0.225 e. The summed E-state index contributed by atoms with van der Waals surface area (Å²) in [7, 11) is 1.79. The minimum absolute atomic E-state index is 0.0753. The van der Waals surface area contributed by atoms with Crippen molar-refractivity contribution < 1.29 is 14.3 Å². The fourth-order valence-corrected chi connectivity index (χ4v) is 1.75. The summed E-state index contributed by atoms with van der Waals surface area (Å²) < 4.78 is 11.1. The highest BCUT2D eigenvalue weighted by Gasteiger charge is 2.08. The Hall–Kier alpha value is -1.75. The van der Waals surface area contributed by atoms with Crippen molar-refractivity contribution in [1.82, 2.24) is 4.90 Å². The number of carbonyl (C=O) groups is 1. The van der Waals surface area contributed by atoms with Crippen LogP contribution in [-0.4, -0.2) is 44.2 Å². The molecule has 1 rings (SSSR count). The van der Waals surface area contributed by atoms with Crippen molar-refractivity contribution in [1.29, 1.82) is 0 Å². The van der Waals surface area contributed by atoms with Crippen LogP contribution >= 0.6 is 0 Å². The zero-order valence-corrected chi connectivity index (χ0v) is 13.0. The van der Waals surface area contributed by atoms with Gasteiger partial charge >= 0.3 is 0 Å². The minimum Gasteiger partial charge on any atom is -0.494 e. The highest BCUT2D eigenvalue weighted by Crippen LogP contribution is 2.17. The van der Waals surface area contributed by atoms with E-state index in [-0.39, 0.29) is 5.91 Å². The van der Waals surface area contributed by atoms with Gasteiger partial charge in [-0.1, -0.05) is 6.92 Å². The Labute approximate surface area is 127 Å². The van der Waals surface area contributed by atoms with E-state index in [1.807, 2.05) is 24.3 Å². The highest BCUT2D eigenvalue weighted by atomic mass is 16.5. The molecule has 0 saturated carbocycles. The summed E-state index contributed by atoms with van der Waals surface area (Å²) in [5.74, 6) is 1.66. The van der Waals surface area contributed by atoms with Gasteiger partial charge in [-0.2, -0.15) is 0 Å². The third-order valence-electron chi connectivity index (χ3n) is 3.00. The van der Waals surface area contributed by atoms with Gasteiger partial charge in [0.1, 0.15) is 11.5 Å². The number of amides is 1. The lowest BCUT2D eigenvalue weighted by atomic mass is 10.3. The summed E-state index contributed by atoms with van der Waals surface area (Å²) in [6.07, 6.45) is 2.18. The zero-order chi connectivity index (χ0) is 15.5. The quantitative estimate of drug-likeness (QED) is 0.717. The Morgan fingerprint density at radius 2 is 1.71 bits per heavy atom. The first kappa shape index (κ1) is 17.3. The van der Waals surface area contributed by atoms with Gasteiger partial charge < -0.3 is 20.1 Å². The second-order valence-electron chi connectivity index (χ2n) is 4.88. The fraction of sp³-hybridized carbons (Fsp3) is 0.562. The van der Waals surface area contributed by atoms with Crippen LogP contribution in [0.15, 0.2) is 24.3 Å². The average Bonchev–Trinajstić information content (AvgIpc) is 2.51. The molecule has 0 spiro atoms. The molecule has 0 aliphatic rings. The number of benzene rings is 1. The molecule has 0 aliphatic heterocycles. The highest BCUT2D eigenvalue weighted by molar-refractivity contribution is 5.75. The molecule has 0 unspecified atom stereocenters. The fourth-order valence-electron chi connectivity index (χ4n) is 1.75. The zero-order valence-electron chi connectivity index (χ0n) is 13.0. The van der Waals surface area contributed by atoms with E-state index in [9.17, 15) is 4.79 Å². The van der Waals surface area contributed by atoms with Gasteiger partial charge in [0.2, 0.25) is 5.91 Å². The van der Waals surface area contributed by atoms with Crippen LogP contribution in [0.5, 0.6) is 11.5 Å². The molecule has 21 heavy (non-hydrogen) atoms. The first-order valence-corrected chi connectivity index (χ1v) is 7.47.